The van der Waals surface area contributed by atoms with Crippen molar-refractivity contribution in [3.8, 4) is 0 Å². The average Bonchev–Trinajstić information content (AvgIpc) is 2.68. The Morgan fingerprint density at radius 1 is 0.903 bits per heavy atom. The van der Waals surface area contributed by atoms with Crippen LogP contribution in [0.15, 0.2) is 0 Å². The highest BCUT2D eigenvalue weighted by Crippen LogP contribution is 2.75. The molecule has 1 N–H and O–H groups in total. The van der Waals surface area contributed by atoms with Gasteiger partial charge in [-0.25, -0.2) is 0 Å². The van der Waals surface area contributed by atoms with Crippen molar-refractivity contribution in [1.82, 2.24) is 0 Å². The topological polar surface area (TPSA) is 54.4 Å². The number of carboxylic acid groups (broad SMARTS) is 1. The Balaban J connectivity index is 1.75. The van der Waals surface area contributed by atoms with Crippen LogP contribution in [0, 0.1) is 50.7 Å². The lowest BCUT2D eigenvalue weighted by Gasteiger charge is -2.72. The molecule has 0 bridgehead atoms. The molecule has 3 nitrogen and oxygen atoms in total. The first kappa shape index (κ1) is 23.3. The van der Waals surface area contributed by atoms with E-state index in [2.05, 4.69) is 41.5 Å². The zero-order valence-corrected chi connectivity index (χ0v) is 21.1. The Labute approximate surface area is 190 Å². The number of Topliss-reactive ketones (excluding diaryl/α,β-unsaturated/α-hetero) is 1. The zero-order chi connectivity index (χ0) is 23.0. The molecule has 176 valence electrons. The molecule has 0 amide bonds. The van der Waals surface area contributed by atoms with Gasteiger partial charge in [-0.3, -0.25) is 9.59 Å². The first-order chi connectivity index (χ1) is 14.3. The molecule has 4 aliphatic rings. The van der Waals surface area contributed by atoms with Crippen molar-refractivity contribution in [3.05, 3.63) is 0 Å². The summed E-state index contributed by atoms with van der Waals surface area (Å²) in [6, 6.07) is 0. The Hall–Kier alpha value is -0.860. The molecule has 4 rings (SSSR count). The Kier molecular flexibility index (Phi) is 5.31. The maximum Gasteiger partial charge on any atom is 0.309 e. The SMILES string of the molecule is CCCC1C2CCC3[C@@]4(C)CCC(=O)C(C)(C)C4CC[C@@]3(C)[C@]2(C)CC[C@]1(C)C(=O)O. The van der Waals surface area contributed by atoms with Gasteiger partial charge in [0, 0.05) is 11.8 Å². The van der Waals surface area contributed by atoms with Crippen LogP contribution in [0.5, 0.6) is 0 Å². The second kappa shape index (κ2) is 7.07. The van der Waals surface area contributed by atoms with Crippen molar-refractivity contribution in [2.45, 2.75) is 113 Å². The summed E-state index contributed by atoms with van der Waals surface area (Å²) in [7, 11) is 0. The van der Waals surface area contributed by atoms with Crippen LogP contribution < -0.4 is 0 Å². The minimum atomic E-state index is -0.580. The second-order valence-corrected chi connectivity index (χ2v) is 13.4. The van der Waals surface area contributed by atoms with E-state index in [1.807, 2.05) is 6.92 Å². The number of hydrogen-bond donors (Lipinski definition) is 1. The van der Waals surface area contributed by atoms with Gasteiger partial charge in [-0.05, 0) is 98.2 Å². The molecule has 3 heteroatoms. The van der Waals surface area contributed by atoms with Gasteiger partial charge in [0.15, 0.2) is 0 Å². The highest BCUT2D eigenvalue weighted by molar-refractivity contribution is 5.85. The molecule has 0 saturated heterocycles. The van der Waals surface area contributed by atoms with E-state index in [1.165, 1.54) is 19.3 Å². The molecule has 0 spiro atoms. The van der Waals surface area contributed by atoms with E-state index in [9.17, 15) is 14.7 Å². The Bertz CT molecular complexity index is 770. The van der Waals surface area contributed by atoms with Crippen molar-refractivity contribution in [1.29, 1.82) is 0 Å². The molecule has 4 fully saturated rings. The number of aliphatic carboxylic acids is 1. The molecule has 0 radical (unpaired) electrons. The Morgan fingerprint density at radius 3 is 2.19 bits per heavy atom. The number of carboxylic acids is 1. The fourth-order valence-electron chi connectivity index (χ4n) is 10.1. The van der Waals surface area contributed by atoms with Crippen LogP contribution in [0.3, 0.4) is 0 Å². The average molecular weight is 431 g/mol. The van der Waals surface area contributed by atoms with Crippen molar-refractivity contribution in [2.24, 2.45) is 50.7 Å². The van der Waals surface area contributed by atoms with Crippen molar-refractivity contribution < 1.29 is 14.7 Å². The molecule has 4 unspecified atom stereocenters. The van der Waals surface area contributed by atoms with E-state index in [4.69, 9.17) is 0 Å². The van der Waals surface area contributed by atoms with Crippen LogP contribution in [0.1, 0.15) is 113 Å². The molecule has 31 heavy (non-hydrogen) atoms. The second-order valence-electron chi connectivity index (χ2n) is 13.4. The number of rotatable bonds is 3. The van der Waals surface area contributed by atoms with Crippen LogP contribution in [-0.2, 0) is 9.59 Å². The van der Waals surface area contributed by atoms with Gasteiger partial charge in [0.25, 0.3) is 0 Å². The first-order valence-electron chi connectivity index (χ1n) is 13.1. The summed E-state index contributed by atoms with van der Waals surface area (Å²) in [6.07, 6.45) is 10.5. The van der Waals surface area contributed by atoms with Gasteiger partial charge in [-0.2, -0.15) is 0 Å². The normalized spacial score (nSPS) is 51.4. The number of carbonyl (C=O) groups excluding carboxylic acids is 1. The van der Waals surface area contributed by atoms with Crippen LogP contribution in [-0.4, -0.2) is 16.9 Å². The minimum absolute atomic E-state index is 0.199. The summed E-state index contributed by atoms with van der Waals surface area (Å²) in [4.78, 5) is 25.3. The molecular weight excluding hydrogens is 384 g/mol. The highest BCUT2D eigenvalue weighted by atomic mass is 16.4. The number of carbonyl (C=O) groups is 2. The summed E-state index contributed by atoms with van der Waals surface area (Å²) in [5.41, 5.74) is -0.116. The molecule has 8 atom stereocenters. The minimum Gasteiger partial charge on any atom is -0.481 e. The van der Waals surface area contributed by atoms with Crippen molar-refractivity contribution in [2.75, 3.05) is 0 Å². The van der Waals surface area contributed by atoms with Gasteiger partial charge >= 0.3 is 5.97 Å². The predicted molar refractivity (Wildman–Crippen MR) is 125 cm³/mol. The van der Waals surface area contributed by atoms with Gasteiger partial charge in [0.05, 0.1) is 5.41 Å². The van der Waals surface area contributed by atoms with Gasteiger partial charge in [0.2, 0.25) is 0 Å². The maximum atomic E-state index is 12.8. The van der Waals surface area contributed by atoms with Crippen LogP contribution in [0.4, 0.5) is 0 Å². The monoisotopic (exact) mass is 430 g/mol. The standard InChI is InChI=1S/C28H46O3/c1-8-9-18-19-10-11-21-26(5)14-13-22(29)24(2,3)20(26)12-15-28(21,7)27(19,6)17-16-25(18,4)23(30)31/h18-21H,8-17H2,1-7H3,(H,30,31)/t18?,19?,20?,21?,25-,26-,27+,28+/m0/s1. The zero-order valence-electron chi connectivity index (χ0n) is 21.1. The van der Waals surface area contributed by atoms with E-state index in [1.54, 1.807) is 0 Å². The molecule has 0 aromatic rings. The quantitative estimate of drug-likeness (QED) is 0.518. The van der Waals surface area contributed by atoms with Crippen molar-refractivity contribution >= 4 is 11.8 Å². The molecule has 0 aromatic carbocycles. The predicted octanol–water partition coefficient (Wildman–Crippen LogP) is 7.13. The third-order valence-electron chi connectivity index (χ3n) is 12.2. The van der Waals surface area contributed by atoms with E-state index in [0.29, 0.717) is 23.5 Å². The number of fused-ring (bicyclic) bond motifs is 5. The fraction of sp³-hybridized carbons (Fsp3) is 0.929. The summed E-state index contributed by atoms with van der Waals surface area (Å²) in [6.45, 7) is 16.3. The summed E-state index contributed by atoms with van der Waals surface area (Å²) < 4.78 is 0. The van der Waals surface area contributed by atoms with E-state index in [-0.39, 0.29) is 27.6 Å². The lowest BCUT2D eigenvalue weighted by Crippen LogP contribution is -2.66. The van der Waals surface area contributed by atoms with E-state index < -0.39 is 11.4 Å². The highest BCUT2D eigenvalue weighted by Gasteiger charge is 2.69. The third-order valence-corrected chi connectivity index (χ3v) is 12.2. The summed E-state index contributed by atoms with van der Waals surface area (Å²) in [5.74, 6) is 1.80. The molecule has 4 aliphatic carbocycles. The van der Waals surface area contributed by atoms with Gasteiger partial charge in [0.1, 0.15) is 5.78 Å². The molecule has 4 saturated carbocycles. The van der Waals surface area contributed by atoms with Crippen LogP contribution in [0.25, 0.3) is 0 Å². The number of hydrogen-bond acceptors (Lipinski definition) is 2. The van der Waals surface area contributed by atoms with Gasteiger partial charge in [-0.15, -0.1) is 0 Å². The fourth-order valence-corrected chi connectivity index (χ4v) is 10.1. The smallest absolute Gasteiger partial charge is 0.309 e. The van der Waals surface area contributed by atoms with Gasteiger partial charge in [-0.1, -0.05) is 48.0 Å². The van der Waals surface area contributed by atoms with E-state index in [0.717, 1.165) is 44.9 Å². The van der Waals surface area contributed by atoms with E-state index >= 15 is 0 Å². The molecule has 0 aliphatic heterocycles. The summed E-state index contributed by atoms with van der Waals surface area (Å²) in [5, 5.41) is 10.2. The third kappa shape index (κ3) is 2.83. The molecular formula is C28H46O3. The van der Waals surface area contributed by atoms with Crippen LogP contribution >= 0.6 is 0 Å². The van der Waals surface area contributed by atoms with Crippen LogP contribution in [0.2, 0.25) is 0 Å². The number of ketones is 1. The largest absolute Gasteiger partial charge is 0.481 e. The lowest BCUT2D eigenvalue weighted by atomic mass is 9.32. The van der Waals surface area contributed by atoms with Crippen molar-refractivity contribution in [3.63, 3.8) is 0 Å². The maximum absolute atomic E-state index is 12.8. The first-order valence-corrected chi connectivity index (χ1v) is 13.1. The lowest BCUT2D eigenvalue weighted by molar-refractivity contribution is -0.235. The van der Waals surface area contributed by atoms with Gasteiger partial charge < -0.3 is 5.11 Å². The molecule has 0 heterocycles. The molecule has 0 aromatic heterocycles. The summed E-state index contributed by atoms with van der Waals surface area (Å²) >= 11 is 0. The Morgan fingerprint density at radius 2 is 1.58 bits per heavy atom.